The van der Waals surface area contributed by atoms with E-state index in [1.807, 2.05) is 0 Å². The molecule has 0 heterocycles. The first-order valence-corrected chi connectivity index (χ1v) is 16.3. The molecule has 39 heavy (non-hydrogen) atoms. The largest absolute Gasteiger partial charge is 0.748 e. The van der Waals surface area contributed by atoms with Gasteiger partial charge in [0.2, 0.25) is 11.8 Å². The van der Waals surface area contributed by atoms with Crippen LogP contribution in [-0.2, 0) is 19.7 Å². The normalized spacial score (nSPS) is 42.5. The Labute approximate surface area is 232 Å². The molecule has 0 unspecified atom stereocenters. The topological polar surface area (TPSA) is 176 Å². The molecule has 0 saturated heterocycles. The van der Waals surface area contributed by atoms with Gasteiger partial charge in [-0.1, -0.05) is 20.8 Å². The molecule has 0 radical (unpaired) electrons. The molecule has 4 aliphatic carbocycles. The molecule has 10 nitrogen and oxygen atoms in total. The maximum Gasteiger partial charge on any atom is 0.239 e. The molecule has 4 aliphatic rings. The number of aliphatic hydroxyl groups excluding tert-OH is 3. The van der Waals surface area contributed by atoms with Crippen LogP contribution < -0.4 is 10.6 Å². The number of amides is 2. The van der Waals surface area contributed by atoms with Crippen LogP contribution in [0.25, 0.3) is 0 Å². The number of hydrogen-bond acceptors (Lipinski definition) is 8. The maximum atomic E-state index is 12.4. The van der Waals surface area contributed by atoms with Crippen molar-refractivity contribution in [3.8, 4) is 0 Å². The molecule has 5 N–H and O–H groups in total. The second kappa shape index (κ2) is 11.5. The van der Waals surface area contributed by atoms with Crippen LogP contribution in [0, 0.1) is 46.3 Å². The molecule has 4 fully saturated rings. The van der Waals surface area contributed by atoms with Gasteiger partial charge in [-0.2, -0.15) is 0 Å². The molecule has 11 heteroatoms. The third-order valence-corrected chi connectivity index (χ3v) is 12.2. The van der Waals surface area contributed by atoms with Gasteiger partial charge in [0.15, 0.2) is 0 Å². The van der Waals surface area contributed by atoms with Crippen LogP contribution in [0.3, 0.4) is 0 Å². The Kier molecular flexibility index (Phi) is 9.08. The first-order chi connectivity index (χ1) is 18.2. The molecular formula is C28H47N2O8S-. The highest BCUT2D eigenvalue weighted by atomic mass is 32.2. The van der Waals surface area contributed by atoms with Crippen LogP contribution >= 0.6 is 0 Å². The fraction of sp³-hybridized carbons (Fsp3) is 0.929. The van der Waals surface area contributed by atoms with Gasteiger partial charge in [-0.05, 0) is 97.7 Å². The van der Waals surface area contributed by atoms with E-state index < -0.39 is 34.0 Å². The summed E-state index contributed by atoms with van der Waals surface area (Å²) in [6.45, 7) is 6.05. The molecule has 224 valence electrons. The maximum absolute atomic E-state index is 12.4. The van der Waals surface area contributed by atoms with Gasteiger partial charge in [0.25, 0.3) is 0 Å². The average molecular weight is 572 g/mol. The predicted octanol–water partition coefficient (Wildman–Crippen LogP) is 1.14. The van der Waals surface area contributed by atoms with E-state index in [0.717, 1.165) is 38.5 Å². The summed E-state index contributed by atoms with van der Waals surface area (Å²) in [5.74, 6) is -0.259. The Morgan fingerprint density at radius 1 is 1.00 bits per heavy atom. The van der Waals surface area contributed by atoms with Crippen molar-refractivity contribution in [3.63, 3.8) is 0 Å². The predicted molar refractivity (Wildman–Crippen MR) is 143 cm³/mol. The van der Waals surface area contributed by atoms with Gasteiger partial charge in [0.1, 0.15) is 0 Å². The fourth-order valence-corrected chi connectivity index (χ4v) is 9.69. The zero-order chi connectivity index (χ0) is 28.8. The van der Waals surface area contributed by atoms with E-state index in [1.165, 1.54) is 0 Å². The fourth-order valence-electron chi connectivity index (χ4n) is 9.34. The highest BCUT2D eigenvalue weighted by Gasteiger charge is 2.65. The third-order valence-electron chi connectivity index (χ3n) is 11.5. The number of fused-ring (bicyclic) bond motifs is 5. The standard InChI is InChI=1S/C28H48N2O8S/c1-16(4-7-24(34)30-15-25(35)29-10-11-39(36,37)38)19-5-6-20-26-21(14-23(33)28(19,20)3)27(2)9-8-18(31)12-17(27)13-22(26)32/h16-23,26,31-33H,4-15H2,1-3H3,(H,29,35)(H,30,34)(H,36,37,38)/p-1/t16-,17+,18-,19-,20+,21+,22-,23+,26+,27+,28-/m1/s1. The molecule has 0 bridgehead atoms. The molecule has 0 aromatic carbocycles. The summed E-state index contributed by atoms with van der Waals surface area (Å²) in [5, 5.41) is 38.2. The van der Waals surface area contributed by atoms with E-state index in [9.17, 15) is 37.9 Å². The van der Waals surface area contributed by atoms with Crippen LogP contribution in [-0.4, -0.2) is 77.3 Å². The monoisotopic (exact) mass is 571 g/mol. The van der Waals surface area contributed by atoms with Crippen molar-refractivity contribution in [2.45, 2.75) is 96.9 Å². The summed E-state index contributed by atoms with van der Waals surface area (Å²) in [7, 11) is -4.41. The van der Waals surface area contributed by atoms with Gasteiger partial charge in [-0.25, -0.2) is 8.42 Å². The second-order valence-corrected chi connectivity index (χ2v) is 15.0. The van der Waals surface area contributed by atoms with Crippen LogP contribution in [0.1, 0.15) is 78.6 Å². The van der Waals surface area contributed by atoms with E-state index >= 15 is 0 Å². The lowest BCUT2D eigenvalue weighted by molar-refractivity contribution is -0.207. The Hall–Kier alpha value is -1.27. The number of nitrogens with one attached hydrogen (secondary N) is 2. The van der Waals surface area contributed by atoms with Crippen molar-refractivity contribution >= 4 is 21.9 Å². The molecule has 0 aliphatic heterocycles. The molecule has 2 amide bonds. The summed E-state index contributed by atoms with van der Waals surface area (Å²) < 4.78 is 31.9. The van der Waals surface area contributed by atoms with Gasteiger partial charge >= 0.3 is 0 Å². The highest BCUT2D eigenvalue weighted by Crippen LogP contribution is 2.68. The SMILES string of the molecule is C[C@H](CCC(=O)NCC(=O)NCCS(=O)(=O)[O-])[C@H]1CC[C@H]2[C@@H]3[C@H](O)C[C@@H]4C[C@H](O)CC[C@]4(C)[C@H]3C[C@H](O)[C@]12C. The number of aliphatic hydroxyl groups is 3. The molecular weight excluding hydrogens is 524 g/mol. The van der Waals surface area contributed by atoms with E-state index in [2.05, 4.69) is 31.4 Å². The van der Waals surface area contributed by atoms with Crippen LogP contribution in [0.4, 0.5) is 0 Å². The Bertz CT molecular complexity index is 1020. The lowest BCUT2D eigenvalue weighted by Crippen LogP contribution is -2.62. The van der Waals surface area contributed by atoms with Gasteiger partial charge < -0.3 is 30.5 Å². The Balaban J connectivity index is 1.33. The van der Waals surface area contributed by atoms with Crippen LogP contribution in [0.2, 0.25) is 0 Å². The smallest absolute Gasteiger partial charge is 0.239 e. The van der Waals surface area contributed by atoms with Gasteiger partial charge in [-0.3, -0.25) is 9.59 Å². The van der Waals surface area contributed by atoms with Gasteiger partial charge in [0, 0.05) is 13.0 Å². The molecule has 11 atom stereocenters. The zero-order valence-electron chi connectivity index (χ0n) is 23.5. The summed E-state index contributed by atoms with van der Waals surface area (Å²) in [5.41, 5.74) is -0.306. The first kappa shape index (κ1) is 30.7. The lowest BCUT2D eigenvalue weighted by Gasteiger charge is -2.63. The zero-order valence-corrected chi connectivity index (χ0v) is 24.3. The van der Waals surface area contributed by atoms with Crippen molar-refractivity contribution in [1.82, 2.24) is 10.6 Å². The van der Waals surface area contributed by atoms with Gasteiger partial charge in [0.05, 0.1) is 40.7 Å². The Morgan fingerprint density at radius 3 is 2.41 bits per heavy atom. The van der Waals surface area contributed by atoms with Crippen molar-refractivity contribution in [2.75, 3.05) is 18.8 Å². The van der Waals surface area contributed by atoms with Crippen LogP contribution in [0.5, 0.6) is 0 Å². The quantitative estimate of drug-likeness (QED) is 0.256. The summed E-state index contributed by atoms with van der Waals surface area (Å²) in [6.07, 6.45) is 5.39. The lowest BCUT2D eigenvalue weighted by atomic mass is 9.43. The average Bonchev–Trinajstić information content (AvgIpc) is 3.20. The van der Waals surface area contributed by atoms with E-state index in [-0.39, 0.29) is 77.9 Å². The molecule has 0 aromatic heterocycles. The van der Waals surface area contributed by atoms with Crippen molar-refractivity contribution in [2.24, 2.45) is 46.3 Å². The van der Waals surface area contributed by atoms with E-state index in [0.29, 0.717) is 12.8 Å². The van der Waals surface area contributed by atoms with Crippen molar-refractivity contribution in [1.29, 1.82) is 0 Å². The third kappa shape index (κ3) is 6.17. The van der Waals surface area contributed by atoms with Gasteiger partial charge in [-0.15, -0.1) is 0 Å². The Morgan fingerprint density at radius 2 is 1.72 bits per heavy atom. The molecule has 4 saturated carbocycles. The van der Waals surface area contributed by atoms with Crippen LogP contribution in [0.15, 0.2) is 0 Å². The van der Waals surface area contributed by atoms with E-state index in [1.54, 1.807) is 0 Å². The molecule has 0 aromatic rings. The molecule has 4 rings (SSSR count). The number of hydrogen-bond donors (Lipinski definition) is 5. The minimum atomic E-state index is -4.41. The molecule has 0 spiro atoms. The van der Waals surface area contributed by atoms with Crippen molar-refractivity contribution in [3.05, 3.63) is 0 Å². The summed E-state index contributed by atoms with van der Waals surface area (Å²) in [4.78, 5) is 24.2. The number of rotatable bonds is 9. The minimum absolute atomic E-state index is 0.0305. The summed E-state index contributed by atoms with van der Waals surface area (Å²) >= 11 is 0. The van der Waals surface area contributed by atoms with Crippen molar-refractivity contribution < 1.29 is 37.9 Å². The van der Waals surface area contributed by atoms with E-state index in [4.69, 9.17) is 0 Å². The number of carbonyl (C=O) groups excluding carboxylic acids is 2. The first-order valence-electron chi connectivity index (χ1n) is 14.7. The second-order valence-electron chi connectivity index (χ2n) is 13.4. The summed E-state index contributed by atoms with van der Waals surface area (Å²) in [6, 6.07) is 0. The highest BCUT2D eigenvalue weighted by molar-refractivity contribution is 7.85. The minimum Gasteiger partial charge on any atom is -0.748 e. The number of carbonyl (C=O) groups is 2.